The van der Waals surface area contributed by atoms with Crippen molar-refractivity contribution in [1.82, 2.24) is 4.90 Å². The van der Waals surface area contributed by atoms with Gasteiger partial charge in [0.15, 0.2) is 0 Å². The molecule has 4 heteroatoms. The molecule has 3 rings (SSSR count). The van der Waals surface area contributed by atoms with Gasteiger partial charge in [0.2, 0.25) is 0 Å². The Morgan fingerprint density at radius 3 is 2.95 bits per heavy atom. The second-order valence-electron chi connectivity index (χ2n) is 5.89. The summed E-state index contributed by atoms with van der Waals surface area (Å²) in [6, 6.07) is 8.61. The molecular formula is C17H24N2OS. The van der Waals surface area contributed by atoms with Crippen LogP contribution in [0.15, 0.2) is 24.3 Å². The van der Waals surface area contributed by atoms with Crippen molar-refractivity contribution < 1.29 is 4.74 Å². The molecule has 1 aromatic heterocycles. The number of rotatable bonds is 5. The highest BCUT2D eigenvalue weighted by molar-refractivity contribution is 7.19. The molecule has 2 aromatic rings. The molecule has 1 aliphatic rings. The van der Waals surface area contributed by atoms with Crippen LogP contribution in [0.2, 0.25) is 0 Å². The lowest BCUT2D eigenvalue weighted by atomic mass is 10.1. The van der Waals surface area contributed by atoms with Gasteiger partial charge in [-0.1, -0.05) is 18.2 Å². The highest BCUT2D eigenvalue weighted by atomic mass is 32.1. The maximum absolute atomic E-state index is 5.94. The van der Waals surface area contributed by atoms with Crippen LogP contribution >= 0.6 is 11.3 Å². The van der Waals surface area contributed by atoms with Crippen molar-refractivity contribution in [3.8, 4) is 0 Å². The minimum absolute atomic E-state index is 0.398. The lowest BCUT2D eigenvalue weighted by Gasteiger charge is -2.27. The summed E-state index contributed by atoms with van der Waals surface area (Å²) >= 11 is 1.83. The van der Waals surface area contributed by atoms with Crippen LogP contribution in [0.3, 0.4) is 0 Å². The van der Waals surface area contributed by atoms with E-state index in [1.807, 2.05) is 11.3 Å². The predicted molar refractivity (Wildman–Crippen MR) is 89.6 cm³/mol. The third kappa shape index (κ3) is 3.46. The first-order chi connectivity index (χ1) is 10.3. The number of likely N-dealkylation sites (N-methyl/N-ethyl adjacent to an activating group) is 1. The van der Waals surface area contributed by atoms with Gasteiger partial charge in [-0.05, 0) is 43.3 Å². The van der Waals surface area contributed by atoms with Gasteiger partial charge < -0.3 is 10.5 Å². The summed E-state index contributed by atoms with van der Waals surface area (Å²) in [5, 5.41) is 1.36. The number of hydrogen-bond donors (Lipinski definition) is 1. The molecule has 21 heavy (non-hydrogen) atoms. The van der Waals surface area contributed by atoms with Gasteiger partial charge in [-0.3, -0.25) is 4.90 Å². The van der Waals surface area contributed by atoms with Gasteiger partial charge in [0.25, 0.3) is 0 Å². The van der Waals surface area contributed by atoms with Crippen LogP contribution in [0, 0.1) is 0 Å². The van der Waals surface area contributed by atoms with Crippen LogP contribution < -0.4 is 5.73 Å². The van der Waals surface area contributed by atoms with E-state index in [0.717, 1.165) is 19.7 Å². The van der Waals surface area contributed by atoms with Crippen LogP contribution in [0.25, 0.3) is 10.1 Å². The zero-order chi connectivity index (χ0) is 14.7. The molecule has 114 valence electrons. The maximum atomic E-state index is 5.94. The lowest BCUT2D eigenvalue weighted by Crippen LogP contribution is -2.33. The molecule has 0 bridgehead atoms. The maximum Gasteiger partial charge on any atom is 0.0702 e. The Bertz CT molecular complexity index is 589. The second-order valence-corrected chi connectivity index (χ2v) is 7.03. The first-order valence-corrected chi connectivity index (χ1v) is 8.59. The minimum atomic E-state index is 0.398. The van der Waals surface area contributed by atoms with Gasteiger partial charge >= 0.3 is 0 Å². The van der Waals surface area contributed by atoms with E-state index in [-0.39, 0.29) is 0 Å². The number of nitrogens with two attached hydrogens (primary N) is 1. The van der Waals surface area contributed by atoms with Crippen LogP contribution in [-0.4, -0.2) is 31.2 Å². The van der Waals surface area contributed by atoms with Crippen LogP contribution in [0.1, 0.15) is 29.7 Å². The van der Waals surface area contributed by atoms with E-state index in [1.165, 1.54) is 39.8 Å². The first kappa shape index (κ1) is 15.0. The SMILES string of the molecule is CN(Cc1c(CN)sc2ccccc12)CC1CCCCO1. The molecule has 0 radical (unpaired) electrons. The number of benzene rings is 1. The largest absolute Gasteiger partial charge is 0.377 e. The molecule has 1 unspecified atom stereocenters. The van der Waals surface area contributed by atoms with Crippen LogP contribution in [0.5, 0.6) is 0 Å². The molecule has 1 atom stereocenters. The topological polar surface area (TPSA) is 38.5 Å². The fourth-order valence-electron chi connectivity index (χ4n) is 3.12. The molecule has 0 spiro atoms. The fraction of sp³-hybridized carbons (Fsp3) is 0.529. The van der Waals surface area contributed by atoms with Gasteiger partial charge in [0.1, 0.15) is 0 Å². The monoisotopic (exact) mass is 304 g/mol. The Balaban J connectivity index is 1.74. The summed E-state index contributed by atoms with van der Waals surface area (Å²) < 4.78 is 7.19. The van der Waals surface area contributed by atoms with E-state index in [4.69, 9.17) is 10.5 Å². The molecule has 2 N–H and O–H groups in total. The molecule has 1 fully saturated rings. The molecule has 1 aliphatic heterocycles. The zero-order valence-corrected chi connectivity index (χ0v) is 13.5. The summed E-state index contributed by atoms with van der Waals surface area (Å²) in [7, 11) is 2.19. The Kier molecular flexibility index (Phi) is 4.91. The van der Waals surface area contributed by atoms with E-state index in [1.54, 1.807) is 0 Å². The van der Waals surface area contributed by atoms with Crippen LogP contribution in [-0.2, 0) is 17.8 Å². The molecule has 1 saturated heterocycles. The molecule has 0 saturated carbocycles. The molecule has 0 amide bonds. The number of thiophene rings is 1. The van der Waals surface area contributed by atoms with Crippen molar-refractivity contribution in [2.75, 3.05) is 20.2 Å². The predicted octanol–water partition coefficient (Wildman–Crippen LogP) is 3.36. The van der Waals surface area contributed by atoms with Crippen molar-refractivity contribution in [2.24, 2.45) is 5.73 Å². The summed E-state index contributed by atoms with van der Waals surface area (Å²) in [4.78, 5) is 3.69. The summed E-state index contributed by atoms with van der Waals surface area (Å²) in [6.45, 7) is 3.51. The summed E-state index contributed by atoms with van der Waals surface area (Å²) in [5.41, 5.74) is 7.34. The number of ether oxygens (including phenoxy) is 1. The second kappa shape index (κ2) is 6.88. The third-order valence-corrected chi connectivity index (χ3v) is 5.42. The van der Waals surface area contributed by atoms with E-state index >= 15 is 0 Å². The van der Waals surface area contributed by atoms with Crippen molar-refractivity contribution in [2.45, 2.75) is 38.5 Å². The van der Waals surface area contributed by atoms with Crippen molar-refractivity contribution in [3.05, 3.63) is 34.7 Å². The fourth-order valence-corrected chi connectivity index (χ4v) is 4.22. The number of nitrogens with zero attached hydrogens (tertiary/aromatic N) is 1. The molecule has 0 aliphatic carbocycles. The Morgan fingerprint density at radius 1 is 1.33 bits per heavy atom. The lowest BCUT2D eigenvalue weighted by molar-refractivity contribution is -0.00255. The van der Waals surface area contributed by atoms with Gasteiger partial charge in [-0.25, -0.2) is 0 Å². The molecule has 3 nitrogen and oxygen atoms in total. The molecule has 2 heterocycles. The summed E-state index contributed by atoms with van der Waals surface area (Å²) in [6.07, 6.45) is 4.11. The average molecular weight is 304 g/mol. The minimum Gasteiger partial charge on any atom is -0.377 e. The van der Waals surface area contributed by atoms with Crippen LogP contribution in [0.4, 0.5) is 0 Å². The quantitative estimate of drug-likeness (QED) is 0.920. The summed E-state index contributed by atoms with van der Waals surface area (Å²) in [5.74, 6) is 0. The zero-order valence-electron chi connectivity index (χ0n) is 12.7. The smallest absolute Gasteiger partial charge is 0.0702 e. The van der Waals surface area contributed by atoms with Gasteiger partial charge in [-0.15, -0.1) is 11.3 Å². The Morgan fingerprint density at radius 2 is 2.19 bits per heavy atom. The van der Waals surface area contributed by atoms with E-state index in [0.29, 0.717) is 12.6 Å². The van der Waals surface area contributed by atoms with Gasteiger partial charge in [0.05, 0.1) is 6.10 Å². The molecule has 1 aromatic carbocycles. The van der Waals surface area contributed by atoms with E-state index < -0.39 is 0 Å². The first-order valence-electron chi connectivity index (χ1n) is 7.77. The van der Waals surface area contributed by atoms with Crippen molar-refractivity contribution in [3.63, 3.8) is 0 Å². The van der Waals surface area contributed by atoms with Crippen molar-refractivity contribution in [1.29, 1.82) is 0 Å². The number of hydrogen-bond acceptors (Lipinski definition) is 4. The highest BCUT2D eigenvalue weighted by Crippen LogP contribution is 2.32. The Hall–Kier alpha value is -0.940. The normalized spacial score (nSPS) is 19.5. The Labute approximate surface area is 130 Å². The van der Waals surface area contributed by atoms with Gasteiger partial charge in [0, 0.05) is 35.8 Å². The average Bonchev–Trinajstić information content (AvgIpc) is 2.86. The van der Waals surface area contributed by atoms with Crippen molar-refractivity contribution >= 4 is 21.4 Å². The van der Waals surface area contributed by atoms with E-state index in [2.05, 4.69) is 36.2 Å². The number of fused-ring (bicyclic) bond motifs is 1. The highest BCUT2D eigenvalue weighted by Gasteiger charge is 2.18. The third-order valence-electron chi connectivity index (χ3n) is 4.18. The molecular weight excluding hydrogens is 280 g/mol. The van der Waals surface area contributed by atoms with Gasteiger partial charge in [-0.2, -0.15) is 0 Å². The van der Waals surface area contributed by atoms with E-state index in [9.17, 15) is 0 Å². The standard InChI is InChI=1S/C17H24N2OS/c1-19(11-13-6-4-5-9-20-13)12-15-14-7-2-3-8-16(14)21-17(15)10-18/h2-3,7-8,13H,4-6,9-12,18H2,1H3.